The van der Waals surface area contributed by atoms with Crippen LogP contribution in [0.3, 0.4) is 0 Å². The van der Waals surface area contributed by atoms with Crippen molar-refractivity contribution in [1.29, 1.82) is 0 Å². The maximum Gasteiger partial charge on any atom is 0.119 e. The van der Waals surface area contributed by atoms with Crippen LogP contribution in [0.5, 0.6) is 5.75 Å². The molecule has 0 amide bonds. The standard InChI is InChI=1S/C11H16O3/c1-8(12)7-14-11-5-3-10(4-6-11)9(2)13/h3-6,8-9,12-13H,7H2,1-2H3. The Bertz CT molecular complexity index is 264. The fourth-order valence-corrected chi connectivity index (χ4v) is 1.06. The lowest BCUT2D eigenvalue weighted by Gasteiger charge is -2.09. The van der Waals surface area contributed by atoms with Crippen LogP contribution >= 0.6 is 0 Å². The summed E-state index contributed by atoms with van der Waals surface area (Å²) in [6.07, 6.45) is -0.924. The first kappa shape index (κ1) is 11.0. The van der Waals surface area contributed by atoms with Crippen LogP contribution in [0.2, 0.25) is 0 Å². The summed E-state index contributed by atoms with van der Waals surface area (Å²) in [5.41, 5.74) is 0.856. The van der Waals surface area contributed by atoms with Gasteiger partial charge in [-0.15, -0.1) is 0 Å². The summed E-state index contributed by atoms with van der Waals surface area (Å²) in [5, 5.41) is 18.2. The Balaban J connectivity index is 2.55. The lowest BCUT2D eigenvalue weighted by atomic mass is 10.1. The van der Waals surface area contributed by atoms with Gasteiger partial charge in [0.15, 0.2) is 0 Å². The van der Waals surface area contributed by atoms with Gasteiger partial charge in [0, 0.05) is 0 Å². The maximum absolute atomic E-state index is 9.25. The van der Waals surface area contributed by atoms with Crippen LogP contribution in [0.1, 0.15) is 25.5 Å². The Morgan fingerprint density at radius 1 is 1.14 bits per heavy atom. The molecule has 3 heteroatoms. The normalized spacial score (nSPS) is 14.9. The third-order valence-corrected chi connectivity index (χ3v) is 1.85. The number of aliphatic hydroxyl groups is 2. The van der Waals surface area contributed by atoms with Crippen molar-refractivity contribution in [3.8, 4) is 5.75 Å². The third-order valence-electron chi connectivity index (χ3n) is 1.85. The molecule has 2 N–H and O–H groups in total. The predicted molar refractivity (Wildman–Crippen MR) is 54.3 cm³/mol. The van der Waals surface area contributed by atoms with E-state index in [2.05, 4.69) is 0 Å². The molecule has 0 saturated heterocycles. The Hall–Kier alpha value is -1.06. The first-order chi connectivity index (χ1) is 6.59. The zero-order valence-electron chi connectivity index (χ0n) is 8.47. The molecule has 0 aliphatic carbocycles. The second kappa shape index (κ2) is 4.98. The van der Waals surface area contributed by atoms with E-state index >= 15 is 0 Å². The molecule has 1 aromatic carbocycles. The highest BCUT2D eigenvalue weighted by molar-refractivity contribution is 5.28. The van der Waals surface area contributed by atoms with Gasteiger partial charge in [-0.1, -0.05) is 12.1 Å². The van der Waals surface area contributed by atoms with E-state index in [0.717, 1.165) is 5.56 Å². The molecule has 14 heavy (non-hydrogen) atoms. The molecule has 1 rings (SSSR count). The van der Waals surface area contributed by atoms with Gasteiger partial charge < -0.3 is 14.9 Å². The molecule has 0 aliphatic rings. The van der Waals surface area contributed by atoms with Gasteiger partial charge in [0.1, 0.15) is 12.4 Å². The fourth-order valence-electron chi connectivity index (χ4n) is 1.06. The molecular weight excluding hydrogens is 180 g/mol. The van der Waals surface area contributed by atoms with E-state index in [4.69, 9.17) is 9.84 Å². The summed E-state index contributed by atoms with van der Waals surface area (Å²) < 4.78 is 5.27. The van der Waals surface area contributed by atoms with Gasteiger partial charge in [0.05, 0.1) is 12.2 Å². The summed E-state index contributed by atoms with van der Waals surface area (Å²) in [7, 11) is 0. The summed E-state index contributed by atoms with van der Waals surface area (Å²) in [6, 6.07) is 7.18. The van der Waals surface area contributed by atoms with Crippen molar-refractivity contribution < 1.29 is 14.9 Å². The molecule has 0 radical (unpaired) electrons. The first-order valence-corrected chi connectivity index (χ1v) is 4.68. The second-order valence-electron chi connectivity index (χ2n) is 3.41. The number of ether oxygens (including phenoxy) is 1. The molecule has 78 valence electrons. The van der Waals surface area contributed by atoms with Crippen LogP contribution in [-0.4, -0.2) is 22.9 Å². The van der Waals surface area contributed by atoms with E-state index < -0.39 is 12.2 Å². The lowest BCUT2D eigenvalue weighted by molar-refractivity contribution is 0.122. The van der Waals surface area contributed by atoms with Crippen LogP contribution < -0.4 is 4.74 Å². The molecule has 0 aliphatic heterocycles. The monoisotopic (exact) mass is 196 g/mol. The van der Waals surface area contributed by atoms with Gasteiger partial charge in [-0.2, -0.15) is 0 Å². The van der Waals surface area contributed by atoms with Crippen molar-refractivity contribution in [3.05, 3.63) is 29.8 Å². The SMILES string of the molecule is CC(O)COc1ccc(C(C)O)cc1. The third kappa shape index (κ3) is 3.36. The maximum atomic E-state index is 9.25. The van der Waals surface area contributed by atoms with Gasteiger partial charge in [-0.3, -0.25) is 0 Å². The van der Waals surface area contributed by atoms with Crippen molar-refractivity contribution in [3.63, 3.8) is 0 Å². The number of rotatable bonds is 4. The van der Waals surface area contributed by atoms with Gasteiger partial charge in [0.25, 0.3) is 0 Å². The quantitative estimate of drug-likeness (QED) is 0.767. The Kier molecular flexibility index (Phi) is 3.92. The molecule has 1 aromatic rings. The summed E-state index contributed by atoms with van der Waals surface area (Å²) >= 11 is 0. The van der Waals surface area contributed by atoms with E-state index in [-0.39, 0.29) is 6.61 Å². The van der Waals surface area contributed by atoms with Crippen LogP contribution in [0.15, 0.2) is 24.3 Å². The number of hydrogen-bond acceptors (Lipinski definition) is 3. The molecule has 2 unspecified atom stereocenters. The molecule has 0 bridgehead atoms. The van der Waals surface area contributed by atoms with E-state index in [0.29, 0.717) is 5.75 Å². The molecule has 0 spiro atoms. The van der Waals surface area contributed by atoms with Crippen molar-refractivity contribution in [2.24, 2.45) is 0 Å². The topological polar surface area (TPSA) is 49.7 Å². The molecule has 0 saturated carbocycles. The Morgan fingerprint density at radius 3 is 2.14 bits per heavy atom. The van der Waals surface area contributed by atoms with E-state index in [1.165, 1.54) is 0 Å². The Morgan fingerprint density at radius 2 is 1.71 bits per heavy atom. The van der Waals surface area contributed by atoms with E-state index in [9.17, 15) is 5.11 Å². The largest absolute Gasteiger partial charge is 0.491 e. The minimum Gasteiger partial charge on any atom is -0.491 e. The number of hydrogen-bond donors (Lipinski definition) is 2. The average Bonchev–Trinajstić information content (AvgIpc) is 2.15. The second-order valence-corrected chi connectivity index (χ2v) is 3.41. The predicted octanol–water partition coefficient (Wildman–Crippen LogP) is 1.50. The lowest BCUT2D eigenvalue weighted by Crippen LogP contribution is -2.12. The highest BCUT2D eigenvalue weighted by Gasteiger charge is 2.01. The highest BCUT2D eigenvalue weighted by atomic mass is 16.5. The summed E-state index contributed by atoms with van der Waals surface area (Å²) in [4.78, 5) is 0. The van der Waals surface area contributed by atoms with Crippen molar-refractivity contribution in [1.82, 2.24) is 0 Å². The molecule has 3 nitrogen and oxygen atoms in total. The molecule has 0 heterocycles. The van der Waals surface area contributed by atoms with Gasteiger partial charge >= 0.3 is 0 Å². The molecular formula is C11H16O3. The Labute approximate surface area is 84.0 Å². The highest BCUT2D eigenvalue weighted by Crippen LogP contribution is 2.17. The van der Waals surface area contributed by atoms with Gasteiger partial charge in [-0.25, -0.2) is 0 Å². The van der Waals surface area contributed by atoms with E-state index in [1.807, 2.05) is 12.1 Å². The molecule has 0 fully saturated rings. The number of benzene rings is 1. The van der Waals surface area contributed by atoms with Crippen LogP contribution in [0.4, 0.5) is 0 Å². The smallest absolute Gasteiger partial charge is 0.119 e. The van der Waals surface area contributed by atoms with Crippen LogP contribution in [-0.2, 0) is 0 Å². The van der Waals surface area contributed by atoms with Crippen LogP contribution in [0, 0.1) is 0 Å². The summed E-state index contributed by atoms with van der Waals surface area (Å²) in [5.74, 6) is 0.704. The van der Waals surface area contributed by atoms with Crippen molar-refractivity contribution in [2.75, 3.05) is 6.61 Å². The van der Waals surface area contributed by atoms with Crippen LogP contribution in [0.25, 0.3) is 0 Å². The van der Waals surface area contributed by atoms with Crippen molar-refractivity contribution in [2.45, 2.75) is 26.1 Å². The zero-order valence-corrected chi connectivity index (χ0v) is 8.47. The first-order valence-electron chi connectivity index (χ1n) is 4.68. The van der Waals surface area contributed by atoms with Gasteiger partial charge in [0.2, 0.25) is 0 Å². The molecule has 0 aromatic heterocycles. The zero-order chi connectivity index (χ0) is 10.6. The van der Waals surface area contributed by atoms with Crippen molar-refractivity contribution >= 4 is 0 Å². The van der Waals surface area contributed by atoms with E-state index in [1.54, 1.807) is 26.0 Å². The minimum atomic E-state index is -0.466. The van der Waals surface area contributed by atoms with Gasteiger partial charge in [-0.05, 0) is 31.5 Å². The number of aliphatic hydroxyl groups excluding tert-OH is 2. The average molecular weight is 196 g/mol. The minimum absolute atomic E-state index is 0.286. The molecule has 2 atom stereocenters. The summed E-state index contributed by atoms with van der Waals surface area (Å²) in [6.45, 7) is 3.67. The fraction of sp³-hybridized carbons (Fsp3) is 0.455.